The fourth-order valence-electron chi connectivity index (χ4n) is 2.01. The van der Waals surface area contributed by atoms with E-state index in [-0.39, 0.29) is 5.82 Å². The Labute approximate surface area is 112 Å². The lowest BCUT2D eigenvalue weighted by Crippen LogP contribution is -2.18. The highest BCUT2D eigenvalue weighted by atomic mass is 19.1. The molecule has 0 atom stereocenters. The summed E-state index contributed by atoms with van der Waals surface area (Å²) in [6.07, 6.45) is 3.75. The molecule has 0 saturated heterocycles. The van der Waals surface area contributed by atoms with E-state index in [9.17, 15) is 4.39 Å². The Morgan fingerprint density at radius 3 is 2.84 bits per heavy atom. The SMILES string of the molecule is CN(Cc1cn(CCN)cn1)Cc1ccccc1F. The molecule has 0 unspecified atom stereocenters. The van der Waals surface area contributed by atoms with Gasteiger partial charge in [0, 0.05) is 37.9 Å². The van der Waals surface area contributed by atoms with Gasteiger partial charge in [-0.2, -0.15) is 0 Å². The summed E-state index contributed by atoms with van der Waals surface area (Å²) in [5.74, 6) is -0.164. The maximum absolute atomic E-state index is 13.5. The van der Waals surface area contributed by atoms with Crippen LogP contribution in [0.15, 0.2) is 36.8 Å². The minimum absolute atomic E-state index is 0.164. The van der Waals surface area contributed by atoms with Crippen LogP contribution in [-0.4, -0.2) is 28.0 Å². The van der Waals surface area contributed by atoms with E-state index in [4.69, 9.17) is 5.73 Å². The van der Waals surface area contributed by atoms with Gasteiger partial charge in [0.25, 0.3) is 0 Å². The highest BCUT2D eigenvalue weighted by Crippen LogP contribution is 2.10. The number of hydrogen-bond acceptors (Lipinski definition) is 3. The van der Waals surface area contributed by atoms with Crippen LogP contribution in [0.3, 0.4) is 0 Å². The van der Waals surface area contributed by atoms with Crippen molar-refractivity contribution >= 4 is 0 Å². The normalized spacial score (nSPS) is 11.2. The van der Waals surface area contributed by atoms with Gasteiger partial charge in [-0.25, -0.2) is 9.37 Å². The summed E-state index contributed by atoms with van der Waals surface area (Å²) in [5, 5.41) is 0. The Kier molecular flexibility index (Phi) is 4.65. The first kappa shape index (κ1) is 13.7. The van der Waals surface area contributed by atoms with Crippen molar-refractivity contribution in [2.45, 2.75) is 19.6 Å². The van der Waals surface area contributed by atoms with E-state index in [0.29, 0.717) is 25.2 Å². The number of halogens is 1. The number of hydrogen-bond donors (Lipinski definition) is 1. The molecule has 2 rings (SSSR count). The van der Waals surface area contributed by atoms with Crippen LogP contribution < -0.4 is 5.73 Å². The molecule has 0 saturated carbocycles. The van der Waals surface area contributed by atoms with Gasteiger partial charge in [-0.1, -0.05) is 18.2 Å². The molecule has 2 N–H and O–H groups in total. The monoisotopic (exact) mass is 262 g/mol. The number of nitrogens with two attached hydrogens (primary N) is 1. The zero-order chi connectivity index (χ0) is 13.7. The molecule has 19 heavy (non-hydrogen) atoms. The molecule has 0 bridgehead atoms. The number of rotatable bonds is 6. The molecule has 0 radical (unpaired) electrons. The van der Waals surface area contributed by atoms with E-state index in [0.717, 1.165) is 12.2 Å². The van der Waals surface area contributed by atoms with Crippen LogP contribution in [0.4, 0.5) is 4.39 Å². The zero-order valence-corrected chi connectivity index (χ0v) is 11.1. The fourth-order valence-corrected chi connectivity index (χ4v) is 2.01. The Morgan fingerprint density at radius 1 is 1.32 bits per heavy atom. The lowest BCUT2D eigenvalue weighted by atomic mass is 10.2. The van der Waals surface area contributed by atoms with Crippen LogP contribution in [-0.2, 0) is 19.6 Å². The van der Waals surface area contributed by atoms with E-state index in [1.165, 1.54) is 6.07 Å². The molecule has 4 nitrogen and oxygen atoms in total. The molecule has 5 heteroatoms. The van der Waals surface area contributed by atoms with Gasteiger partial charge in [0.2, 0.25) is 0 Å². The van der Waals surface area contributed by atoms with Crippen molar-refractivity contribution in [1.29, 1.82) is 0 Å². The Hall–Kier alpha value is -1.72. The molecule has 0 aliphatic rings. The highest BCUT2D eigenvalue weighted by molar-refractivity contribution is 5.17. The minimum atomic E-state index is -0.164. The summed E-state index contributed by atoms with van der Waals surface area (Å²) in [4.78, 5) is 6.35. The summed E-state index contributed by atoms with van der Waals surface area (Å²) in [6, 6.07) is 6.84. The van der Waals surface area contributed by atoms with E-state index in [1.54, 1.807) is 18.5 Å². The molecule has 1 aromatic heterocycles. The molecular weight excluding hydrogens is 243 g/mol. The standard InChI is InChI=1S/C14H19FN4/c1-18(8-12-4-2-3-5-14(12)15)9-13-10-19(7-6-16)11-17-13/h2-5,10-11H,6-9,16H2,1H3. The zero-order valence-electron chi connectivity index (χ0n) is 11.1. The van der Waals surface area contributed by atoms with E-state index in [2.05, 4.69) is 4.98 Å². The fraction of sp³-hybridized carbons (Fsp3) is 0.357. The highest BCUT2D eigenvalue weighted by Gasteiger charge is 2.07. The van der Waals surface area contributed by atoms with Crippen LogP contribution in [0.25, 0.3) is 0 Å². The van der Waals surface area contributed by atoms with Gasteiger partial charge in [0.15, 0.2) is 0 Å². The van der Waals surface area contributed by atoms with Crippen molar-refractivity contribution in [3.63, 3.8) is 0 Å². The summed E-state index contributed by atoms with van der Waals surface area (Å²) in [5.41, 5.74) is 7.15. The molecule has 0 spiro atoms. The first-order chi connectivity index (χ1) is 9.19. The van der Waals surface area contributed by atoms with Crippen molar-refractivity contribution in [1.82, 2.24) is 14.5 Å². The van der Waals surface area contributed by atoms with Gasteiger partial charge < -0.3 is 10.3 Å². The molecule has 102 valence electrons. The second-order valence-electron chi connectivity index (χ2n) is 4.66. The maximum atomic E-state index is 13.5. The predicted octanol–water partition coefficient (Wildman–Crippen LogP) is 1.61. The van der Waals surface area contributed by atoms with Gasteiger partial charge in [-0.15, -0.1) is 0 Å². The minimum Gasteiger partial charge on any atom is -0.336 e. The quantitative estimate of drug-likeness (QED) is 0.860. The van der Waals surface area contributed by atoms with Crippen LogP contribution in [0.5, 0.6) is 0 Å². The van der Waals surface area contributed by atoms with Gasteiger partial charge in [0.1, 0.15) is 5.82 Å². The first-order valence-corrected chi connectivity index (χ1v) is 6.31. The molecule has 1 aromatic carbocycles. The molecule has 1 heterocycles. The summed E-state index contributed by atoms with van der Waals surface area (Å²) >= 11 is 0. The van der Waals surface area contributed by atoms with Crippen molar-refractivity contribution in [2.24, 2.45) is 5.73 Å². The second-order valence-corrected chi connectivity index (χ2v) is 4.66. The third kappa shape index (κ3) is 3.87. The smallest absolute Gasteiger partial charge is 0.127 e. The Morgan fingerprint density at radius 2 is 2.11 bits per heavy atom. The maximum Gasteiger partial charge on any atom is 0.127 e. The molecular formula is C14H19FN4. The van der Waals surface area contributed by atoms with Crippen molar-refractivity contribution in [2.75, 3.05) is 13.6 Å². The van der Waals surface area contributed by atoms with E-state index < -0.39 is 0 Å². The third-order valence-electron chi connectivity index (χ3n) is 2.90. The van der Waals surface area contributed by atoms with Gasteiger partial charge >= 0.3 is 0 Å². The summed E-state index contributed by atoms with van der Waals surface area (Å²) in [7, 11) is 1.95. The molecule has 0 fully saturated rings. The number of benzene rings is 1. The van der Waals surface area contributed by atoms with Crippen molar-refractivity contribution in [3.8, 4) is 0 Å². The number of nitrogens with zero attached hydrogens (tertiary/aromatic N) is 3. The number of imidazole rings is 1. The van der Waals surface area contributed by atoms with Gasteiger partial charge in [0.05, 0.1) is 12.0 Å². The number of aromatic nitrogens is 2. The van der Waals surface area contributed by atoms with Crippen LogP contribution in [0.2, 0.25) is 0 Å². The average Bonchev–Trinajstić information content (AvgIpc) is 2.80. The Bertz CT molecular complexity index is 524. The second kappa shape index (κ2) is 6.45. The molecule has 2 aromatic rings. The molecule has 0 amide bonds. The molecule has 0 aliphatic heterocycles. The van der Waals surface area contributed by atoms with Crippen molar-refractivity contribution in [3.05, 3.63) is 53.9 Å². The first-order valence-electron chi connectivity index (χ1n) is 6.31. The third-order valence-corrected chi connectivity index (χ3v) is 2.90. The van der Waals surface area contributed by atoms with Crippen LogP contribution in [0.1, 0.15) is 11.3 Å². The van der Waals surface area contributed by atoms with E-state index in [1.807, 2.05) is 28.8 Å². The van der Waals surface area contributed by atoms with Gasteiger partial charge in [-0.3, -0.25) is 4.90 Å². The Balaban J connectivity index is 1.93. The van der Waals surface area contributed by atoms with E-state index >= 15 is 0 Å². The summed E-state index contributed by atoms with van der Waals surface area (Å²) < 4.78 is 15.5. The largest absolute Gasteiger partial charge is 0.336 e. The summed E-state index contributed by atoms with van der Waals surface area (Å²) in [6.45, 7) is 2.62. The topological polar surface area (TPSA) is 47.1 Å². The van der Waals surface area contributed by atoms with Crippen LogP contribution in [0, 0.1) is 5.82 Å². The molecule has 0 aliphatic carbocycles. The lowest BCUT2D eigenvalue weighted by molar-refractivity contribution is 0.310. The van der Waals surface area contributed by atoms with Gasteiger partial charge in [-0.05, 0) is 13.1 Å². The van der Waals surface area contributed by atoms with Crippen LogP contribution >= 0.6 is 0 Å². The van der Waals surface area contributed by atoms with Crippen molar-refractivity contribution < 1.29 is 4.39 Å². The predicted molar refractivity (Wildman–Crippen MR) is 72.9 cm³/mol. The lowest BCUT2D eigenvalue weighted by Gasteiger charge is -2.15. The average molecular weight is 262 g/mol.